The summed E-state index contributed by atoms with van der Waals surface area (Å²) < 4.78 is 0. The Balaban J connectivity index is 2.14. The van der Waals surface area contributed by atoms with E-state index in [4.69, 9.17) is 5.26 Å². The van der Waals surface area contributed by atoms with Gasteiger partial charge in [0.2, 0.25) is 0 Å². The first-order valence-electron chi connectivity index (χ1n) is 5.85. The van der Waals surface area contributed by atoms with Gasteiger partial charge in [-0.25, -0.2) is 9.97 Å². The molecule has 1 aliphatic rings. The highest BCUT2D eigenvalue weighted by atomic mass is 15.2. The molecule has 5 heteroatoms. The van der Waals surface area contributed by atoms with Gasteiger partial charge in [0.25, 0.3) is 0 Å². The molecule has 0 amide bonds. The lowest BCUT2D eigenvalue weighted by Crippen LogP contribution is -2.42. The van der Waals surface area contributed by atoms with Gasteiger partial charge in [-0.1, -0.05) is 0 Å². The summed E-state index contributed by atoms with van der Waals surface area (Å²) in [7, 11) is 4.14. The van der Waals surface area contributed by atoms with E-state index in [9.17, 15) is 0 Å². The molecule has 17 heavy (non-hydrogen) atoms. The molecule has 90 valence electrons. The van der Waals surface area contributed by atoms with Crippen molar-refractivity contribution >= 4 is 5.82 Å². The molecule has 0 aromatic carbocycles. The van der Waals surface area contributed by atoms with E-state index in [-0.39, 0.29) is 0 Å². The summed E-state index contributed by atoms with van der Waals surface area (Å²) in [6, 6.07) is 2.55. The lowest BCUT2D eigenvalue weighted by Gasteiger charge is -2.35. The number of hydrogen-bond acceptors (Lipinski definition) is 5. The van der Waals surface area contributed by atoms with Gasteiger partial charge in [-0.2, -0.15) is 5.26 Å². The van der Waals surface area contributed by atoms with Crippen LogP contribution < -0.4 is 4.90 Å². The minimum Gasteiger partial charge on any atom is -0.354 e. The van der Waals surface area contributed by atoms with E-state index < -0.39 is 0 Å². The van der Waals surface area contributed by atoms with Gasteiger partial charge in [-0.15, -0.1) is 0 Å². The zero-order valence-electron chi connectivity index (χ0n) is 10.3. The summed E-state index contributed by atoms with van der Waals surface area (Å²) in [6.45, 7) is 2.19. The number of hydrogen-bond donors (Lipinski definition) is 0. The predicted octanol–water partition coefficient (Wildman–Crippen LogP) is 0.879. The summed E-state index contributed by atoms with van der Waals surface area (Å²) in [4.78, 5) is 12.7. The summed E-state index contributed by atoms with van der Waals surface area (Å²) in [5, 5.41) is 9.02. The third kappa shape index (κ3) is 2.53. The number of piperidine rings is 1. The van der Waals surface area contributed by atoms with Crippen LogP contribution in [0.1, 0.15) is 18.5 Å². The maximum absolute atomic E-state index is 9.02. The minimum atomic E-state index is 0.411. The second-order valence-electron chi connectivity index (χ2n) is 4.49. The number of likely N-dealkylation sites (tertiary alicyclic amines) is 1. The Kier molecular flexibility index (Phi) is 3.55. The van der Waals surface area contributed by atoms with Gasteiger partial charge in [-0.3, -0.25) is 0 Å². The highest BCUT2D eigenvalue weighted by Crippen LogP contribution is 2.21. The monoisotopic (exact) mass is 231 g/mol. The number of nitriles is 1. The molecule has 0 atom stereocenters. The standard InChI is InChI=1S/C12H17N5/c1-16-7-3-10(4-8-16)17(2)12-11(9-13)14-5-6-15-12/h5-6,10H,3-4,7-8H2,1-2H3. The van der Waals surface area contributed by atoms with E-state index in [0.29, 0.717) is 17.6 Å². The van der Waals surface area contributed by atoms with E-state index in [2.05, 4.69) is 32.9 Å². The summed E-state index contributed by atoms with van der Waals surface area (Å²) in [5.41, 5.74) is 0.411. The van der Waals surface area contributed by atoms with Crippen LogP contribution in [0, 0.1) is 11.3 Å². The Labute approximate surface area is 102 Å². The molecule has 0 spiro atoms. The molecule has 1 aromatic heterocycles. The van der Waals surface area contributed by atoms with Crippen molar-refractivity contribution in [1.29, 1.82) is 5.26 Å². The fourth-order valence-corrected chi connectivity index (χ4v) is 2.22. The summed E-state index contributed by atoms with van der Waals surface area (Å²) >= 11 is 0. The summed E-state index contributed by atoms with van der Waals surface area (Å²) in [6.07, 6.45) is 5.41. The van der Waals surface area contributed by atoms with Crippen LogP contribution in [0.15, 0.2) is 12.4 Å². The Hall–Kier alpha value is -1.67. The molecule has 0 saturated carbocycles. The van der Waals surface area contributed by atoms with E-state index in [1.165, 1.54) is 0 Å². The van der Waals surface area contributed by atoms with E-state index >= 15 is 0 Å². The molecule has 0 aliphatic carbocycles. The maximum Gasteiger partial charge on any atom is 0.183 e. The first-order valence-corrected chi connectivity index (χ1v) is 5.85. The molecule has 0 bridgehead atoms. The van der Waals surface area contributed by atoms with Crippen molar-refractivity contribution in [1.82, 2.24) is 14.9 Å². The van der Waals surface area contributed by atoms with Crippen LogP contribution in [0.4, 0.5) is 5.82 Å². The molecule has 5 nitrogen and oxygen atoms in total. The van der Waals surface area contributed by atoms with Crippen LogP contribution >= 0.6 is 0 Å². The number of aromatic nitrogens is 2. The normalized spacial score (nSPS) is 17.7. The number of anilines is 1. The predicted molar refractivity (Wildman–Crippen MR) is 65.7 cm³/mol. The third-order valence-electron chi connectivity index (χ3n) is 3.35. The number of nitrogens with zero attached hydrogens (tertiary/aromatic N) is 5. The van der Waals surface area contributed by atoms with Crippen molar-refractivity contribution in [3.05, 3.63) is 18.1 Å². The summed E-state index contributed by atoms with van der Waals surface area (Å²) in [5.74, 6) is 0.699. The van der Waals surface area contributed by atoms with Gasteiger partial charge in [0.1, 0.15) is 6.07 Å². The molecule has 0 N–H and O–H groups in total. The first kappa shape index (κ1) is 11.8. The second-order valence-corrected chi connectivity index (χ2v) is 4.49. The minimum absolute atomic E-state index is 0.411. The second kappa shape index (κ2) is 5.11. The van der Waals surface area contributed by atoms with Crippen molar-refractivity contribution in [2.45, 2.75) is 18.9 Å². The van der Waals surface area contributed by atoms with Gasteiger partial charge >= 0.3 is 0 Å². The van der Waals surface area contributed by atoms with Crippen molar-refractivity contribution < 1.29 is 0 Å². The van der Waals surface area contributed by atoms with Gasteiger partial charge in [0, 0.05) is 25.5 Å². The zero-order chi connectivity index (χ0) is 12.3. The van der Waals surface area contributed by atoms with Crippen LogP contribution in [0.5, 0.6) is 0 Å². The van der Waals surface area contributed by atoms with E-state index in [1.807, 2.05) is 7.05 Å². The number of rotatable bonds is 2. The lowest BCUT2D eigenvalue weighted by molar-refractivity contribution is 0.252. The third-order valence-corrected chi connectivity index (χ3v) is 3.35. The fraction of sp³-hybridized carbons (Fsp3) is 0.583. The van der Waals surface area contributed by atoms with Gasteiger partial charge in [-0.05, 0) is 33.0 Å². The van der Waals surface area contributed by atoms with Crippen LogP contribution in [0.25, 0.3) is 0 Å². The largest absolute Gasteiger partial charge is 0.354 e. The Morgan fingerprint density at radius 3 is 2.65 bits per heavy atom. The fourth-order valence-electron chi connectivity index (χ4n) is 2.22. The molecule has 1 aromatic rings. The van der Waals surface area contributed by atoms with Crippen LogP contribution in [-0.2, 0) is 0 Å². The van der Waals surface area contributed by atoms with Crippen molar-refractivity contribution in [3.63, 3.8) is 0 Å². The molecule has 1 saturated heterocycles. The average molecular weight is 231 g/mol. The first-order chi connectivity index (χ1) is 8.22. The highest BCUT2D eigenvalue weighted by molar-refractivity contribution is 5.49. The van der Waals surface area contributed by atoms with Crippen molar-refractivity contribution in [2.24, 2.45) is 0 Å². The molecule has 2 rings (SSSR count). The van der Waals surface area contributed by atoms with Gasteiger partial charge in [0.05, 0.1) is 0 Å². The van der Waals surface area contributed by atoms with E-state index in [1.54, 1.807) is 12.4 Å². The molecular weight excluding hydrogens is 214 g/mol. The molecular formula is C12H17N5. The topological polar surface area (TPSA) is 56.1 Å². The quantitative estimate of drug-likeness (QED) is 0.756. The van der Waals surface area contributed by atoms with Crippen LogP contribution in [0.3, 0.4) is 0 Å². The van der Waals surface area contributed by atoms with Crippen LogP contribution in [0.2, 0.25) is 0 Å². The molecule has 2 heterocycles. The van der Waals surface area contributed by atoms with Crippen LogP contribution in [-0.4, -0.2) is 48.1 Å². The van der Waals surface area contributed by atoms with Crippen molar-refractivity contribution in [2.75, 3.05) is 32.1 Å². The smallest absolute Gasteiger partial charge is 0.183 e. The lowest BCUT2D eigenvalue weighted by atomic mass is 10.0. The van der Waals surface area contributed by atoms with E-state index in [0.717, 1.165) is 25.9 Å². The SMILES string of the molecule is CN1CCC(N(C)c2nccnc2C#N)CC1. The average Bonchev–Trinajstić information content (AvgIpc) is 2.39. The molecule has 0 radical (unpaired) electrons. The van der Waals surface area contributed by atoms with Crippen molar-refractivity contribution in [3.8, 4) is 6.07 Å². The Morgan fingerprint density at radius 2 is 2.00 bits per heavy atom. The Bertz CT molecular complexity index is 417. The van der Waals surface area contributed by atoms with Gasteiger partial charge in [0.15, 0.2) is 11.5 Å². The molecule has 0 unspecified atom stereocenters. The van der Waals surface area contributed by atoms with Gasteiger partial charge < -0.3 is 9.80 Å². The Morgan fingerprint density at radius 1 is 1.35 bits per heavy atom. The zero-order valence-corrected chi connectivity index (χ0v) is 10.3. The highest BCUT2D eigenvalue weighted by Gasteiger charge is 2.23. The molecule has 1 fully saturated rings. The molecule has 1 aliphatic heterocycles. The maximum atomic E-state index is 9.02.